The van der Waals surface area contributed by atoms with Crippen molar-refractivity contribution in [1.29, 1.82) is 0 Å². The summed E-state index contributed by atoms with van der Waals surface area (Å²) in [5.74, 6) is -1.07. The van der Waals surface area contributed by atoms with Crippen LogP contribution in [0.25, 0.3) is 10.1 Å². The van der Waals surface area contributed by atoms with Crippen molar-refractivity contribution in [3.8, 4) is 0 Å². The van der Waals surface area contributed by atoms with E-state index in [1.807, 2.05) is 24.3 Å². The Hall–Kier alpha value is -2.38. The van der Waals surface area contributed by atoms with Crippen LogP contribution in [0.5, 0.6) is 0 Å². The molecule has 0 unspecified atom stereocenters. The van der Waals surface area contributed by atoms with Gasteiger partial charge in [0.15, 0.2) is 0 Å². The normalized spacial score (nSPS) is 10.8. The molecule has 6 nitrogen and oxygen atoms in total. The molecule has 2 aromatic heterocycles. The minimum absolute atomic E-state index is 0.130. The number of nitrogens with zero attached hydrogens (tertiary/aromatic N) is 2. The van der Waals surface area contributed by atoms with E-state index in [0.29, 0.717) is 9.90 Å². The Balaban J connectivity index is 1.97. The number of hydrogen-bond donors (Lipinski definition) is 2. The largest absolute Gasteiger partial charge is 0.364 e. The van der Waals surface area contributed by atoms with E-state index < -0.39 is 11.8 Å². The Morgan fingerprint density at radius 3 is 2.77 bits per heavy atom. The number of amides is 2. The Bertz CT molecular complexity index is 900. The lowest BCUT2D eigenvalue weighted by Crippen LogP contribution is -2.20. The van der Waals surface area contributed by atoms with Crippen LogP contribution in [0.15, 0.2) is 30.5 Å². The molecule has 3 N–H and O–H groups in total. The first kappa shape index (κ1) is 14.6. The molecule has 0 aliphatic rings. The number of benzene rings is 1. The third-order valence-electron chi connectivity index (χ3n) is 3.16. The van der Waals surface area contributed by atoms with E-state index in [0.717, 1.165) is 10.1 Å². The number of anilines is 1. The van der Waals surface area contributed by atoms with Crippen LogP contribution in [0.4, 0.5) is 5.69 Å². The van der Waals surface area contributed by atoms with E-state index in [4.69, 9.17) is 17.3 Å². The molecule has 0 radical (unpaired) electrons. The monoisotopic (exact) mass is 334 g/mol. The Morgan fingerprint density at radius 2 is 2.09 bits per heavy atom. The number of carbonyl (C=O) groups is 2. The molecule has 3 aromatic rings. The Kier molecular flexibility index (Phi) is 3.59. The summed E-state index contributed by atoms with van der Waals surface area (Å²) in [6, 6.07) is 7.48. The number of carbonyl (C=O) groups excluding carboxylic acids is 2. The minimum Gasteiger partial charge on any atom is -0.364 e. The summed E-state index contributed by atoms with van der Waals surface area (Å²) in [7, 11) is 1.57. The zero-order valence-corrected chi connectivity index (χ0v) is 13.0. The molecule has 0 atom stereocenters. The fraction of sp³-hybridized carbons (Fsp3) is 0.0714. The summed E-state index contributed by atoms with van der Waals surface area (Å²) >= 11 is 7.55. The molecule has 2 heterocycles. The van der Waals surface area contributed by atoms with Crippen LogP contribution >= 0.6 is 22.9 Å². The second kappa shape index (κ2) is 5.43. The second-order valence-electron chi connectivity index (χ2n) is 4.59. The molecule has 8 heteroatoms. The number of rotatable bonds is 3. The van der Waals surface area contributed by atoms with Crippen molar-refractivity contribution < 1.29 is 9.59 Å². The van der Waals surface area contributed by atoms with Gasteiger partial charge in [-0.05, 0) is 6.07 Å². The minimum atomic E-state index is -0.669. The van der Waals surface area contributed by atoms with Gasteiger partial charge < -0.3 is 11.1 Å². The number of aryl methyl sites for hydroxylation is 1. The molecule has 22 heavy (non-hydrogen) atoms. The van der Waals surface area contributed by atoms with E-state index in [-0.39, 0.29) is 11.4 Å². The van der Waals surface area contributed by atoms with Crippen molar-refractivity contribution >= 4 is 50.5 Å². The summed E-state index contributed by atoms with van der Waals surface area (Å²) < 4.78 is 2.23. The highest BCUT2D eigenvalue weighted by Gasteiger charge is 2.21. The Labute approximate surface area is 134 Å². The molecule has 3 rings (SSSR count). The molecule has 0 bridgehead atoms. The van der Waals surface area contributed by atoms with Gasteiger partial charge in [-0.15, -0.1) is 11.3 Å². The van der Waals surface area contributed by atoms with Crippen LogP contribution in [0.1, 0.15) is 20.2 Å². The molecular weight excluding hydrogens is 324 g/mol. The fourth-order valence-electron chi connectivity index (χ4n) is 2.16. The van der Waals surface area contributed by atoms with Crippen molar-refractivity contribution in [2.45, 2.75) is 0 Å². The maximum absolute atomic E-state index is 12.4. The predicted molar refractivity (Wildman–Crippen MR) is 86.5 cm³/mol. The van der Waals surface area contributed by atoms with Gasteiger partial charge in [-0.1, -0.05) is 29.8 Å². The van der Waals surface area contributed by atoms with Gasteiger partial charge in [-0.3, -0.25) is 14.3 Å². The van der Waals surface area contributed by atoms with E-state index >= 15 is 0 Å². The van der Waals surface area contributed by atoms with Crippen molar-refractivity contribution in [2.75, 3.05) is 5.32 Å². The van der Waals surface area contributed by atoms with E-state index in [1.54, 1.807) is 7.05 Å². The first-order valence-corrected chi connectivity index (χ1v) is 7.48. The van der Waals surface area contributed by atoms with Crippen LogP contribution < -0.4 is 11.1 Å². The van der Waals surface area contributed by atoms with Crippen molar-refractivity contribution in [1.82, 2.24) is 9.78 Å². The SMILES string of the molecule is Cn1ncc(NC(=O)c2sc3ccccc3c2Cl)c1C(N)=O. The van der Waals surface area contributed by atoms with Gasteiger partial charge in [-0.2, -0.15) is 5.10 Å². The van der Waals surface area contributed by atoms with Crippen molar-refractivity contribution in [2.24, 2.45) is 12.8 Å². The van der Waals surface area contributed by atoms with Gasteiger partial charge in [-0.25, -0.2) is 0 Å². The molecule has 0 aliphatic heterocycles. The maximum Gasteiger partial charge on any atom is 0.269 e. The highest BCUT2D eigenvalue weighted by molar-refractivity contribution is 7.21. The predicted octanol–water partition coefficient (Wildman–Crippen LogP) is 2.64. The molecule has 0 aliphatic carbocycles. The zero-order valence-electron chi connectivity index (χ0n) is 11.5. The first-order valence-electron chi connectivity index (χ1n) is 6.29. The molecule has 0 spiro atoms. The average molecular weight is 335 g/mol. The molecule has 2 amide bonds. The number of fused-ring (bicyclic) bond motifs is 1. The van der Waals surface area contributed by atoms with Crippen molar-refractivity contribution in [3.05, 3.63) is 46.1 Å². The van der Waals surface area contributed by atoms with Gasteiger partial charge in [0.1, 0.15) is 10.6 Å². The molecular formula is C14H11ClN4O2S. The quantitative estimate of drug-likeness (QED) is 0.771. The second-order valence-corrected chi connectivity index (χ2v) is 6.02. The zero-order chi connectivity index (χ0) is 15.9. The van der Waals surface area contributed by atoms with E-state index in [2.05, 4.69) is 10.4 Å². The Morgan fingerprint density at radius 1 is 1.36 bits per heavy atom. The van der Waals surface area contributed by atoms with E-state index in [9.17, 15) is 9.59 Å². The van der Waals surface area contributed by atoms with Gasteiger partial charge in [0.05, 0.1) is 16.9 Å². The lowest BCUT2D eigenvalue weighted by atomic mass is 10.2. The summed E-state index contributed by atoms with van der Waals surface area (Å²) in [6.07, 6.45) is 1.37. The summed E-state index contributed by atoms with van der Waals surface area (Å²) in [5.41, 5.74) is 5.68. The number of halogens is 1. The third-order valence-corrected chi connectivity index (χ3v) is 4.84. The number of nitrogens with two attached hydrogens (primary N) is 1. The highest BCUT2D eigenvalue weighted by atomic mass is 35.5. The van der Waals surface area contributed by atoms with Crippen LogP contribution in [0, 0.1) is 0 Å². The number of primary amides is 1. The lowest BCUT2D eigenvalue weighted by Gasteiger charge is -2.04. The van der Waals surface area contributed by atoms with Gasteiger partial charge in [0.25, 0.3) is 11.8 Å². The molecule has 0 saturated heterocycles. The van der Waals surface area contributed by atoms with Crippen LogP contribution in [0.2, 0.25) is 5.02 Å². The third kappa shape index (κ3) is 2.34. The standard InChI is InChI=1S/C14H11ClN4O2S/c1-19-11(13(16)20)8(6-17-19)18-14(21)12-10(15)7-4-2-3-5-9(7)22-12/h2-6H,1H3,(H2,16,20)(H,18,21). The lowest BCUT2D eigenvalue weighted by molar-refractivity contribution is 0.0992. The number of nitrogens with one attached hydrogen (secondary N) is 1. The number of thiophene rings is 1. The molecule has 0 fully saturated rings. The number of aromatic nitrogens is 2. The molecule has 1 aromatic carbocycles. The van der Waals surface area contributed by atoms with Gasteiger partial charge in [0.2, 0.25) is 0 Å². The summed E-state index contributed by atoms with van der Waals surface area (Å²) in [6.45, 7) is 0. The highest BCUT2D eigenvalue weighted by Crippen LogP contribution is 2.35. The van der Waals surface area contributed by atoms with Crippen LogP contribution in [-0.2, 0) is 7.05 Å². The molecule has 0 saturated carbocycles. The van der Waals surface area contributed by atoms with Crippen LogP contribution in [0.3, 0.4) is 0 Å². The summed E-state index contributed by atoms with van der Waals surface area (Å²) in [4.78, 5) is 24.2. The van der Waals surface area contributed by atoms with Crippen LogP contribution in [-0.4, -0.2) is 21.6 Å². The van der Waals surface area contributed by atoms with Crippen molar-refractivity contribution in [3.63, 3.8) is 0 Å². The fourth-order valence-corrected chi connectivity index (χ4v) is 3.57. The topological polar surface area (TPSA) is 90.0 Å². The average Bonchev–Trinajstić information content (AvgIpc) is 3.00. The smallest absolute Gasteiger partial charge is 0.269 e. The number of hydrogen-bond acceptors (Lipinski definition) is 4. The van der Waals surface area contributed by atoms with Gasteiger partial charge >= 0.3 is 0 Å². The first-order chi connectivity index (χ1) is 10.5. The van der Waals surface area contributed by atoms with Gasteiger partial charge in [0, 0.05) is 17.1 Å². The van der Waals surface area contributed by atoms with E-state index in [1.165, 1.54) is 22.2 Å². The summed E-state index contributed by atoms with van der Waals surface area (Å²) in [5, 5.41) is 7.77. The maximum atomic E-state index is 12.4. The molecule has 112 valence electrons.